The molecule has 0 saturated heterocycles. The first-order chi connectivity index (χ1) is 10.5. The lowest BCUT2D eigenvalue weighted by Gasteiger charge is -2.20. The van der Waals surface area contributed by atoms with Crippen LogP contribution in [0.25, 0.3) is 0 Å². The van der Waals surface area contributed by atoms with Gasteiger partial charge in [0.15, 0.2) is 5.82 Å². The Morgan fingerprint density at radius 1 is 1.41 bits per heavy atom. The van der Waals surface area contributed by atoms with Gasteiger partial charge in [0, 0.05) is 12.3 Å². The van der Waals surface area contributed by atoms with E-state index in [1.54, 1.807) is 13.0 Å². The summed E-state index contributed by atoms with van der Waals surface area (Å²) < 4.78 is 7.09. The third kappa shape index (κ3) is 5.14. The first kappa shape index (κ1) is 16.5. The Hall–Kier alpha value is -1.89. The molecule has 1 aliphatic rings. The number of carboxylic acid groups (broad SMARTS) is 1. The summed E-state index contributed by atoms with van der Waals surface area (Å²) >= 11 is 0. The van der Waals surface area contributed by atoms with Gasteiger partial charge < -0.3 is 15.2 Å². The van der Waals surface area contributed by atoms with Gasteiger partial charge in [0.05, 0.1) is 6.10 Å². The van der Waals surface area contributed by atoms with Crippen molar-refractivity contribution in [1.82, 2.24) is 9.78 Å². The molecule has 122 valence electrons. The number of nitrogens with zero attached hydrogens (tertiary/aromatic N) is 2. The van der Waals surface area contributed by atoms with Crippen LogP contribution in [0.15, 0.2) is 12.3 Å². The van der Waals surface area contributed by atoms with Gasteiger partial charge in [-0.05, 0) is 19.8 Å². The van der Waals surface area contributed by atoms with Crippen LogP contribution >= 0.6 is 0 Å². The molecule has 1 fully saturated rings. The van der Waals surface area contributed by atoms with Crippen molar-refractivity contribution in [2.45, 2.75) is 64.2 Å². The fourth-order valence-corrected chi connectivity index (χ4v) is 2.61. The van der Waals surface area contributed by atoms with Crippen molar-refractivity contribution < 1.29 is 19.4 Å². The number of carboxylic acids is 1. The van der Waals surface area contributed by atoms with Gasteiger partial charge in [0.1, 0.15) is 12.6 Å². The molecule has 1 aliphatic carbocycles. The van der Waals surface area contributed by atoms with Crippen LogP contribution in [-0.4, -0.2) is 39.0 Å². The lowest BCUT2D eigenvalue weighted by molar-refractivity contribution is -0.137. The Kier molecular flexibility index (Phi) is 5.94. The molecule has 1 aromatic rings. The predicted molar refractivity (Wildman–Crippen MR) is 80.5 cm³/mol. The Bertz CT molecular complexity index is 507. The van der Waals surface area contributed by atoms with Crippen molar-refractivity contribution in [3.05, 3.63) is 12.3 Å². The summed E-state index contributed by atoms with van der Waals surface area (Å²) in [6, 6.07) is 1.57. The van der Waals surface area contributed by atoms with E-state index in [-0.39, 0.29) is 18.6 Å². The van der Waals surface area contributed by atoms with Gasteiger partial charge in [0.25, 0.3) is 5.91 Å². The lowest BCUT2D eigenvalue weighted by atomic mass is 10.1. The summed E-state index contributed by atoms with van der Waals surface area (Å²) in [6.07, 6.45) is 7.90. The van der Waals surface area contributed by atoms with Crippen molar-refractivity contribution in [1.29, 1.82) is 0 Å². The molecule has 22 heavy (non-hydrogen) atoms. The highest BCUT2D eigenvalue weighted by Gasteiger charge is 2.21. The maximum Gasteiger partial charge on any atom is 0.325 e. The molecule has 7 nitrogen and oxygen atoms in total. The van der Waals surface area contributed by atoms with Gasteiger partial charge in [-0.1, -0.05) is 25.7 Å². The number of carbonyl (C=O) groups is 2. The van der Waals surface area contributed by atoms with E-state index in [1.807, 2.05) is 0 Å². The Balaban J connectivity index is 1.82. The van der Waals surface area contributed by atoms with Crippen LogP contribution in [0.2, 0.25) is 0 Å². The fraction of sp³-hybridized carbons (Fsp3) is 0.667. The minimum Gasteiger partial charge on any atom is -0.480 e. The van der Waals surface area contributed by atoms with Crippen LogP contribution in [0, 0.1) is 0 Å². The van der Waals surface area contributed by atoms with Crippen molar-refractivity contribution >= 4 is 17.7 Å². The summed E-state index contributed by atoms with van der Waals surface area (Å²) in [5, 5.41) is 15.3. The molecule has 1 heterocycles. The minimum absolute atomic E-state index is 0.146. The molecular weight excluding hydrogens is 286 g/mol. The molecule has 1 aromatic heterocycles. The standard InChI is InChI=1S/C15H23N3O4/c1-11(22-12-6-4-2-3-5-7-12)15(21)16-13-8-9-18(17-13)10-14(19)20/h8-9,11-12H,2-7,10H2,1H3,(H,19,20)(H,16,17,21). The fourth-order valence-electron chi connectivity index (χ4n) is 2.61. The zero-order valence-electron chi connectivity index (χ0n) is 12.8. The van der Waals surface area contributed by atoms with Crippen molar-refractivity contribution in [2.75, 3.05) is 5.32 Å². The Labute approximate surface area is 129 Å². The van der Waals surface area contributed by atoms with Crippen LogP contribution in [0.1, 0.15) is 45.4 Å². The molecule has 0 aromatic carbocycles. The van der Waals surface area contributed by atoms with Gasteiger partial charge in [0.2, 0.25) is 0 Å². The highest BCUT2D eigenvalue weighted by Crippen LogP contribution is 2.21. The zero-order chi connectivity index (χ0) is 15.9. The molecule has 1 atom stereocenters. The number of hydrogen-bond acceptors (Lipinski definition) is 4. The highest BCUT2D eigenvalue weighted by atomic mass is 16.5. The van der Waals surface area contributed by atoms with Crippen molar-refractivity contribution in [2.24, 2.45) is 0 Å². The second-order valence-corrected chi connectivity index (χ2v) is 5.67. The van der Waals surface area contributed by atoms with E-state index in [1.165, 1.54) is 23.7 Å². The molecule has 1 saturated carbocycles. The van der Waals surface area contributed by atoms with E-state index in [0.717, 1.165) is 25.7 Å². The zero-order valence-corrected chi connectivity index (χ0v) is 12.8. The van der Waals surface area contributed by atoms with E-state index in [2.05, 4.69) is 10.4 Å². The van der Waals surface area contributed by atoms with Gasteiger partial charge in [-0.2, -0.15) is 5.10 Å². The second-order valence-electron chi connectivity index (χ2n) is 5.67. The number of nitrogens with one attached hydrogen (secondary N) is 1. The van der Waals surface area contributed by atoms with E-state index >= 15 is 0 Å². The number of hydrogen-bond donors (Lipinski definition) is 2. The topological polar surface area (TPSA) is 93.5 Å². The number of aliphatic carboxylic acids is 1. The van der Waals surface area contributed by atoms with Crippen molar-refractivity contribution in [3.63, 3.8) is 0 Å². The number of amides is 1. The van der Waals surface area contributed by atoms with Crippen LogP contribution in [0.4, 0.5) is 5.82 Å². The molecule has 0 bridgehead atoms. The third-order valence-corrected chi connectivity index (χ3v) is 3.76. The first-order valence-electron chi connectivity index (χ1n) is 7.76. The van der Waals surface area contributed by atoms with Crippen molar-refractivity contribution in [3.8, 4) is 0 Å². The first-order valence-corrected chi connectivity index (χ1v) is 7.76. The summed E-state index contributed by atoms with van der Waals surface area (Å²) in [4.78, 5) is 22.7. The van der Waals surface area contributed by atoms with Crippen LogP contribution in [0.5, 0.6) is 0 Å². The average molecular weight is 309 g/mol. The summed E-state index contributed by atoms with van der Waals surface area (Å²) in [5.41, 5.74) is 0. The largest absolute Gasteiger partial charge is 0.480 e. The molecule has 2 N–H and O–H groups in total. The summed E-state index contributed by atoms with van der Waals surface area (Å²) in [7, 11) is 0. The molecule has 2 rings (SSSR count). The van der Waals surface area contributed by atoms with E-state index in [4.69, 9.17) is 9.84 Å². The van der Waals surface area contributed by atoms with E-state index in [0.29, 0.717) is 5.82 Å². The summed E-state index contributed by atoms with van der Waals surface area (Å²) in [5.74, 6) is -0.904. The second kappa shape index (κ2) is 7.93. The predicted octanol–water partition coefficient (Wildman–Crippen LogP) is 2.03. The van der Waals surface area contributed by atoms with Crippen LogP contribution < -0.4 is 5.32 Å². The van der Waals surface area contributed by atoms with E-state index < -0.39 is 12.1 Å². The number of ether oxygens (including phenoxy) is 1. The molecule has 0 radical (unpaired) electrons. The highest BCUT2D eigenvalue weighted by molar-refractivity contribution is 5.93. The third-order valence-electron chi connectivity index (χ3n) is 3.76. The van der Waals surface area contributed by atoms with Gasteiger partial charge in [-0.15, -0.1) is 0 Å². The maximum atomic E-state index is 12.1. The SMILES string of the molecule is CC(OC1CCCCCC1)C(=O)Nc1ccn(CC(=O)O)n1. The number of rotatable bonds is 6. The van der Waals surface area contributed by atoms with Gasteiger partial charge in [-0.3, -0.25) is 14.3 Å². The molecule has 0 aliphatic heterocycles. The van der Waals surface area contributed by atoms with Crippen LogP contribution in [0.3, 0.4) is 0 Å². The molecule has 1 unspecified atom stereocenters. The molecular formula is C15H23N3O4. The Morgan fingerprint density at radius 3 is 2.73 bits per heavy atom. The smallest absolute Gasteiger partial charge is 0.325 e. The van der Waals surface area contributed by atoms with Gasteiger partial charge >= 0.3 is 5.97 Å². The number of carbonyl (C=O) groups excluding carboxylic acids is 1. The molecule has 0 spiro atoms. The molecule has 7 heteroatoms. The van der Waals surface area contributed by atoms with Gasteiger partial charge in [-0.25, -0.2) is 0 Å². The number of anilines is 1. The monoisotopic (exact) mass is 309 g/mol. The summed E-state index contributed by atoms with van der Waals surface area (Å²) in [6.45, 7) is 1.50. The van der Waals surface area contributed by atoms with Crippen LogP contribution in [-0.2, 0) is 20.9 Å². The Morgan fingerprint density at radius 2 is 2.09 bits per heavy atom. The normalized spacial score (nSPS) is 17.7. The maximum absolute atomic E-state index is 12.1. The number of aromatic nitrogens is 2. The molecule has 1 amide bonds. The van der Waals surface area contributed by atoms with E-state index in [9.17, 15) is 9.59 Å². The lowest BCUT2D eigenvalue weighted by Crippen LogP contribution is -2.31. The quantitative estimate of drug-likeness (QED) is 0.784. The minimum atomic E-state index is -0.981. The average Bonchev–Trinajstić information content (AvgIpc) is 2.72.